The van der Waals surface area contributed by atoms with Gasteiger partial charge in [-0.3, -0.25) is 0 Å². The lowest BCUT2D eigenvalue weighted by molar-refractivity contribution is 0.165. The minimum atomic E-state index is 0.572. The third-order valence-electron chi connectivity index (χ3n) is 6.70. The van der Waals surface area contributed by atoms with Crippen molar-refractivity contribution < 1.29 is 0 Å². The molecule has 172 valence electrons. The molecule has 29 heavy (non-hydrogen) atoms. The summed E-state index contributed by atoms with van der Waals surface area (Å²) in [5.41, 5.74) is 0. The molecule has 0 N–H and O–H groups in total. The second-order valence-electron chi connectivity index (χ2n) is 9.42. The molecule has 0 fully saturated rings. The van der Waals surface area contributed by atoms with Crippen molar-refractivity contribution in [3.63, 3.8) is 0 Å². The fraction of sp³-hybridized carbons (Fsp3) is 0.926. The second-order valence-corrected chi connectivity index (χ2v) is 9.42. The van der Waals surface area contributed by atoms with Gasteiger partial charge in [-0.05, 0) is 19.8 Å². The van der Waals surface area contributed by atoms with Crippen LogP contribution in [-0.2, 0) is 0 Å². The molecule has 0 aliphatic carbocycles. The maximum atomic E-state index is 2.54. The summed E-state index contributed by atoms with van der Waals surface area (Å²) in [7, 11) is 0. The first kappa shape index (κ1) is 26.4. The van der Waals surface area contributed by atoms with Crippen LogP contribution in [0, 0.1) is 0 Å². The van der Waals surface area contributed by atoms with Crippen molar-refractivity contribution in [3.05, 3.63) is 12.4 Å². The van der Waals surface area contributed by atoms with E-state index in [1.165, 1.54) is 135 Å². The molecule has 1 unspecified atom stereocenters. The number of rotatable bonds is 21. The molecule has 0 aromatic heterocycles. The normalized spacial score (nSPS) is 16.3. The molecule has 1 rings (SSSR count). The SMILES string of the molecule is CCCCCCCCCCCCCCCCCCN1C=CN(CCCCC)C1C. The van der Waals surface area contributed by atoms with Crippen molar-refractivity contribution in [2.45, 2.75) is 149 Å². The van der Waals surface area contributed by atoms with Crippen molar-refractivity contribution in [2.24, 2.45) is 0 Å². The van der Waals surface area contributed by atoms with Crippen LogP contribution >= 0.6 is 0 Å². The smallest absolute Gasteiger partial charge is 0.0977 e. The second kappa shape index (κ2) is 19.3. The lowest BCUT2D eigenvalue weighted by Gasteiger charge is -2.29. The van der Waals surface area contributed by atoms with E-state index in [1.807, 2.05) is 0 Å². The van der Waals surface area contributed by atoms with Crippen molar-refractivity contribution in [3.8, 4) is 0 Å². The lowest BCUT2D eigenvalue weighted by atomic mass is 10.0. The molecular formula is C27H54N2. The highest BCUT2D eigenvalue weighted by molar-refractivity contribution is 4.95. The molecule has 0 saturated carbocycles. The van der Waals surface area contributed by atoms with E-state index in [9.17, 15) is 0 Å². The van der Waals surface area contributed by atoms with Gasteiger partial charge in [0.15, 0.2) is 0 Å². The molecule has 0 aromatic rings. The molecule has 0 amide bonds. The molecule has 2 heteroatoms. The van der Waals surface area contributed by atoms with Crippen molar-refractivity contribution >= 4 is 0 Å². The highest BCUT2D eigenvalue weighted by Crippen LogP contribution is 2.18. The average molecular weight is 407 g/mol. The summed E-state index contributed by atoms with van der Waals surface area (Å²) < 4.78 is 0. The van der Waals surface area contributed by atoms with Crippen LogP contribution in [-0.4, -0.2) is 29.1 Å². The highest BCUT2D eigenvalue weighted by Gasteiger charge is 2.20. The van der Waals surface area contributed by atoms with Gasteiger partial charge in [0.25, 0.3) is 0 Å². The molecule has 0 aromatic carbocycles. The quantitative estimate of drug-likeness (QED) is 0.176. The minimum Gasteiger partial charge on any atom is -0.356 e. The van der Waals surface area contributed by atoms with Crippen LogP contribution in [0.3, 0.4) is 0 Å². The predicted octanol–water partition coefficient (Wildman–Crippen LogP) is 8.87. The summed E-state index contributed by atoms with van der Waals surface area (Å²) in [4.78, 5) is 5.05. The monoisotopic (exact) mass is 406 g/mol. The summed E-state index contributed by atoms with van der Waals surface area (Å²) in [5, 5.41) is 0. The van der Waals surface area contributed by atoms with Crippen molar-refractivity contribution in [1.29, 1.82) is 0 Å². The summed E-state index contributed by atoms with van der Waals surface area (Å²) in [6, 6.07) is 0. The zero-order valence-electron chi connectivity index (χ0n) is 20.5. The first-order chi connectivity index (χ1) is 14.3. The first-order valence-corrected chi connectivity index (χ1v) is 13.5. The number of hydrogen-bond donors (Lipinski definition) is 0. The number of nitrogens with zero attached hydrogens (tertiary/aromatic N) is 2. The van der Waals surface area contributed by atoms with Gasteiger partial charge in [-0.15, -0.1) is 0 Å². The third kappa shape index (κ3) is 14.1. The summed E-state index contributed by atoms with van der Waals surface area (Å²) in [5.74, 6) is 0. The van der Waals surface area contributed by atoms with E-state index in [1.54, 1.807) is 0 Å². The molecule has 0 saturated heterocycles. The van der Waals surface area contributed by atoms with E-state index in [4.69, 9.17) is 0 Å². The van der Waals surface area contributed by atoms with E-state index < -0.39 is 0 Å². The van der Waals surface area contributed by atoms with E-state index >= 15 is 0 Å². The first-order valence-electron chi connectivity index (χ1n) is 13.5. The van der Waals surface area contributed by atoms with Gasteiger partial charge >= 0.3 is 0 Å². The van der Waals surface area contributed by atoms with Gasteiger partial charge in [0.05, 0.1) is 6.17 Å². The summed E-state index contributed by atoms with van der Waals surface area (Å²) in [6.45, 7) is 9.40. The van der Waals surface area contributed by atoms with Crippen LogP contribution < -0.4 is 0 Å². The van der Waals surface area contributed by atoms with Gasteiger partial charge in [0, 0.05) is 25.5 Å². The molecule has 1 heterocycles. The Labute approximate surface area is 184 Å². The topological polar surface area (TPSA) is 6.48 Å². The molecule has 0 radical (unpaired) electrons. The molecule has 2 nitrogen and oxygen atoms in total. The Morgan fingerprint density at radius 3 is 1.10 bits per heavy atom. The Morgan fingerprint density at radius 2 is 0.724 bits per heavy atom. The largest absolute Gasteiger partial charge is 0.356 e. The maximum Gasteiger partial charge on any atom is 0.0977 e. The lowest BCUT2D eigenvalue weighted by Crippen LogP contribution is -2.36. The molecule has 1 atom stereocenters. The minimum absolute atomic E-state index is 0.572. The third-order valence-corrected chi connectivity index (χ3v) is 6.70. The zero-order valence-corrected chi connectivity index (χ0v) is 20.5. The van der Waals surface area contributed by atoms with Gasteiger partial charge in [0.1, 0.15) is 0 Å². The van der Waals surface area contributed by atoms with Gasteiger partial charge in [-0.25, -0.2) is 0 Å². The Kier molecular flexibility index (Phi) is 17.6. The van der Waals surface area contributed by atoms with Crippen LogP contribution in [0.5, 0.6) is 0 Å². The van der Waals surface area contributed by atoms with Crippen molar-refractivity contribution in [1.82, 2.24) is 9.80 Å². The Balaban J connectivity index is 1.80. The average Bonchev–Trinajstić information content (AvgIpc) is 3.07. The maximum absolute atomic E-state index is 2.54. The summed E-state index contributed by atoms with van der Waals surface area (Å²) in [6.07, 6.45) is 32.4. The van der Waals surface area contributed by atoms with Crippen LogP contribution in [0.1, 0.15) is 143 Å². The number of unbranched alkanes of at least 4 members (excludes halogenated alkanes) is 17. The van der Waals surface area contributed by atoms with Crippen LogP contribution in [0.25, 0.3) is 0 Å². The molecule has 1 aliphatic rings. The highest BCUT2D eigenvalue weighted by atomic mass is 15.4. The van der Waals surface area contributed by atoms with Gasteiger partial charge in [-0.1, -0.05) is 123 Å². The van der Waals surface area contributed by atoms with Gasteiger partial charge in [0.2, 0.25) is 0 Å². The van der Waals surface area contributed by atoms with Crippen LogP contribution in [0.15, 0.2) is 12.4 Å². The fourth-order valence-electron chi connectivity index (χ4n) is 4.52. The van der Waals surface area contributed by atoms with E-state index in [0.29, 0.717) is 6.17 Å². The Bertz CT molecular complexity index is 366. The van der Waals surface area contributed by atoms with Crippen LogP contribution in [0.2, 0.25) is 0 Å². The number of hydrogen-bond acceptors (Lipinski definition) is 2. The van der Waals surface area contributed by atoms with E-state index in [2.05, 4.69) is 43.0 Å². The fourth-order valence-corrected chi connectivity index (χ4v) is 4.52. The molecule has 0 bridgehead atoms. The van der Waals surface area contributed by atoms with Gasteiger partial charge < -0.3 is 9.80 Å². The standard InChI is InChI=1S/C27H54N2/c1-4-6-8-9-10-11-12-13-14-15-16-17-18-19-20-22-24-29-26-25-28(27(29)3)23-21-7-5-2/h25-27H,4-24H2,1-3H3. The van der Waals surface area contributed by atoms with E-state index in [0.717, 1.165) is 0 Å². The zero-order chi connectivity index (χ0) is 21.0. The molecule has 1 aliphatic heterocycles. The Morgan fingerprint density at radius 1 is 0.448 bits per heavy atom. The van der Waals surface area contributed by atoms with E-state index in [-0.39, 0.29) is 0 Å². The Hall–Kier alpha value is -0.660. The summed E-state index contributed by atoms with van der Waals surface area (Å²) >= 11 is 0. The van der Waals surface area contributed by atoms with Gasteiger partial charge in [-0.2, -0.15) is 0 Å². The van der Waals surface area contributed by atoms with Crippen molar-refractivity contribution in [2.75, 3.05) is 13.1 Å². The van der Waals surface area contributed by atoms with Crippen LogP contribution in [0.4, 0.5) is 0 Å². The predicted molar refractivity (Wildman–Crippen MR) is 131 cm³/mol. The molecular weight excluding hydrogens is 352 g/mol. The molecule has 0 spiro atoms.